The number of anilines is 1. The molecule has 0 aliphatic carbocycles. The van der Waals surface area contributed by atoms with Gasteiger partial charge in [0.05, 0.1) is 0 Å². The Bertz CT molecular complexity index is 390. The molecule has 0 spiro atoms. The van der Waals surface area contributed by atoms with Crippen molar-refractivity contribution >= 4 is 28.3 Å². The van der Waals surface area contributed by atoms with Gasteiger partial charge in [-0.1, -0.05) is 0 Å². The SMILES string of the molecule is CC1CN2CCCC2CN1c1ccc(I)cc1. The topological polar surface area (TPSA) is 6.48 Å². The molecule has 3 heteroatoms. The molecule has 2 aliphatic rings. The second-order valence-electron chi connectivity index (χ2n) is 5.27. The fourth-order valence-corrected chi connectivity index (χ4v) is 3.54. The molecule has 2 fully saturated rings. The van der Waals surface area contributed by atoms with Crippen LogP contribution < -0.4 is 4.90 Å². The first kappa shape index (κ1) is 11.8. The van der Waals surface area contributed by atoms with Gasteiger partial charge in [-0.3, -0.25) is 4.90 Å². The zero-order valence-electron chi connectivity index (χ0n) is 10.3. The van der Waals surface area contributed by atoms with E-state index in [-0.39, 0.29) is 0 Å². The molecule has 0 radical (unpaired) electrons. The maximum absolute atomic E-state index is 2.67. The Morgan fingerprint density at radius 2 is 1.94 bits per heavy atom. The lowest BCUT2D eigenvalue weighted by Gasteiger charge is -2.43. The van der Waals surface area contributed by atoms with Crippen LogP contribution in [0.15, 0.2) is 24.3 Å². The maximum Gasteiger partial charge on any atom is 0.0389 e. The van der Waals surface area contributed by atoms with E-state index in [1.807, 2.05) is 0 Å². The van der Waals surface area contributed by atoms with Crippen LogP contribution >= 0.6 is 22.6 Å². The molecule has 2 heterocycles. The third kappa shape index (κ3) is 2.32. The van der Waals surface area contributed by atoms with Gasteiger partial charge in [-0.15, -0.1) is 0 Å². The molecule has 0 amide bonds. The Kier molecular flexibility index (Phi) is 3.30. The van der Waals surface area contributed by atoms with Crippen LogP contribution in [0.1, 0.15) is 19.8 Å². The maximum atomic E-state index is 2.67. The van der Waals surface area contributed by atoms with E-state index in [2.05, 4.69) is 63.6 Å². The first-order valence-electron chi connectivity index (χ1n) is 6.50. The van der Waals surface area contributed by atoms with E-state index in [4.69, 9.17) is 0 Å². The van der Waals surface area contributed by atoms with Crippen molar-refractivity contribution in [3.63, 3.8) is 0 Å². The normalized spacial score (nSPS) is 29.4. The Labute approximate surface area is 117 Å². The lowest BCUT2D eigenvalue weighted by Crippen LogP contribution is -2.55. The van der Waals surface area contributed by atoms with Gasteiger partial charge in [0.15, 0.2) is 0 Å². The molecule has 1 aromatic rings. The van der Waals surface area contributed by atoms with E-state index in [0.29, 0.717) is 6.04 Å². The predicted molar refractivity (Wildman–Crippen MR) is 80.6 cm³/mol. The van der Waals surface area contributed by atoms with Gasteiger partial charge in [-0.25, -0.2) is 0 Å². The summed E-state index contributed by atoms with van der Waals surface area (Å²) in [5, 5.41) is 0. The predicted octanol–water partition coefficient (Wildman–Crippen LogP) is 2.96. The molecule has 1 aromatic carbocycles. The fraction of sp³-hybridized carbons (Fsp3) is 0.571. The fourth-order valence-electron chi connectivity index (χ4n) is 3.18. The first-order valence-corrected chi connectivity index (χ1v) is 7.58. The largest absolute Gasteiger partial charge is 0.366 e. The van der Waals surface area contributed by atoms with Crippen molar-refractivity contribution in [2.45, 2.75) is 31.8 Å². The summed E-state index contributed by atoms with van der Waals surface area (Å²) in [4.78, 5) is 5.26. The molecule has 2 atom stereocenters. The standard InChI is InChI=1S/C14H19IN2/c1-11-9-16-8-2-3-14(16)10-17(11)13-6-4-12(15)5-7-13/h4-7,11,14H,2-3,8-10H2,1H3. The van der Waals surface area contributed by atoms with Crippen molar-refractivity contribution in [1.82, 2.24) is 4.90 Å². The number of rotatable bonds is 1. The van der Waals surface area contributed by atoms with Crippen molar-refractivity contribution in [3.8, 4) is 0 Å². The van der Waals surface area contributed by atoms with E-state index < -0.39 is 0 Å². The lowest BCUT2D eigenvalue weighted by atomic mass is 10.1. The van der Waals surface area contributed by atoms with E-state index in [9.17, 15) is 0 Å². The summed E-state index contributed by atoms with van der Waals surface area (Å²) < 4.78 is 1.32. The average Bonchev–Trinajstić information content (AvgIpc) is 2.76. The second kappa shape index (κ2) is 4.76. The monoisotopic (exact) mass is 342 g/mol. The van der Waals surface area contributed by atoms with Crippen molar-refractivity contribution in [2.75, 3.05) is 24.5 Å². The Morgan fingerprint density at radius 1 is 1.18 bits per heavy atom. The van der Waals surface area contributed by atoms with Crippen LogP contribution in [0.3, 0.4) is 0 Å². The second-order valence-corrected chi connectivity index (χ2v) is 6.51. The smallest absolute Gasteiger partial charge is 0.0389 e. The molecule has 0 saturated carbocycles. The van der Waals surface area contributed by atoms with Gasteiger partial charge in [-0.2, -0.15) is 0 Å². The third-order valence-corrected chi connectivity index (χ3v) is 4.81. The van der Waals surface area contributed by atoms with Gasteiger partial charge in [0.1, 0.15) is 0 Å². The minimum atomic E-state index is 0.643. The van der Waals surface area contributed by atoms with Crippen LogP contribution in [0, 0.1) is 3.57 Å². The van der Waals surface area contributed by atoms with Crippen molar-refractivity contribution in [3.05, 3.63) is 27.8 Å². The zero-order valence-corrected chi connectivity index (χ0v) is 12.4. The minimum Gasteiger partial charge on any atom is -0.366 e. The summed E-state index contributed by atoms with van der Waals surface area (Å²) in [6, 6.07) is 10.4. The molecule has 17 heavy (non-hydrogen) atoms. The summed E-state index contributed by atoms with van der Waals surface area (Å²) in [6.45, 7) is 6.11. The van der Waals surface area contributed by atoms with Gasteiger partial charge in [0, 0.05) is 34.4 Å². The average molecular weight is 342 g/mol. The molecule has 0 N–H and O–H groups in total. The number of halogens is 1. The van der Waals surface area contributed by atoms with Crippen LogP contribution in [0.2, 0.25) is 0 Å². The molecule has 2 saturated heterocycles. The highest BCUT2D eigenvalue weighted by Gasteiger charge is 2.34. The van der Waals surface area contributed by atoms with Crippen LogP contribution in [0.4, 0.5) is 5.69 Å². The van der Waals surface area contributed by atoms with E-state index in [0.717, 1.165) is 6.04 Å². The Hall–Kier alpha value is -0.290. The highest BCUT2D eigenvalue weighted by molar-refractivity contribution is 14.1. The zero-order chi connectivity index (χ0) is 11.8. The van der Waals surface area contributed by atoms with Crippen molar-refractivity contribution < 1.29 is 0 Å². The Morgan fingerprint density at radius 3 is 2.71 bits per heavy atom. The number of fused-ring (bicyclic) bond motifs is 1. The molecule has 3 rings (SSSR count). The van der Waals surface area contributed by atoms with Gasteiger partial charge in [-0.05, 0) is 73.2 Å². The summed E-state index contributed by atoms with van der Waals surface area (Å²) in [7, 11) is 0. The molecular formula is C14H19IN2. The quantitative estimate of drug-likeness (QED) is 0.724. The Balaban J connectivity index is 1.80. The van der Waals surface area contributed by atoms with Crippen molar-refractivity contribution in [1.29, 1.82) is 0 Å². The van der Waals surface area contributed by atoms with Crippen LogP contribution in [0.5, 0.6) is 0 Å². The lowest BCUT2D eigenvalue weighted by molar-refractivity contribution is 0.203. The van der Waals surface area contributed by atoms with Gasteiger partial charge in [0.2, 0.25) is 0 Å². The molecular weight excluding hydrogens is 323 g/mol. The van der Waals surface area contributed by atoms with Gasteiger partial charge < -0.3 is 4.90 Å². The summed E-state index contributed by atoms with van der Waals surface area (Å²) >= 11 is 2.37. The number of piperazine rings is 1. The number of hydrogen-bond donors (Lipinski definition) is 0. The number of nitrogens with zero attached hydrogens (tertiary/aromatic N) is 2. The molecule has 0 aromatic heterocycles. The van der Waals surface area contributed by atoms with E-state index in [1.165, 1.54) is 41.7 Å². The highest BCUT2D eigenvalue weighted by Crippen LogP contribution is 2.28. The third-order valence-electron chi connectivity index (χ3n) is 4.10. The molecule has 0 bridgehead atoms. The summed E-state index contributed by atoms with van der Waals surface area (Å²) in [5.74, 6) is 0. The molecule has 92 valence electrons. The summed E-state index contributed by atoms with van der Waals surface area (Å²) in [6.07, 6.45) is 2.77. The van der Waals surface area contributed by atoms with Gasteiger partial charge >= 0.3 is 0 Å². The molecule has 2 unspecified atom stereocenters. The first-order chi connectivity index (χ1) is 8.24. The molecule has 2 aliphatic heterocycles. The van der Waals surface area contributed by atoms with Gasteiger partial charge in [0.25, 0.3) is 0 Å². The molecule has 2 nitrogen and oxygen atoms in total. The number of hydrogen-bond acceptors (Lipinski definition) is 2. The van der Waals surface area contributed by atoms with E-state index >= 15 is 0 Å². The van der Waals surface area contributed by atoms with Crippen molar-refractivity contribution in [2.24, 2.45) is 0 Å². The van der Waals surface area contributed by atoms with Crippen LogP contribution in [-0.4, -0.2) is 36.6 Å². The van der Waals surface area contributed by atoms with Crippen LogP contribution in [-0.2, 0) is 0 Å². The van der Waals surface area contributed by atoms with Crippen LogP contribution in [0.25, 0.3) is 0 Å². The minimum absolute atomic E-state index is 0.643. The number of benzene rings is 1. The van der Waals surface area contributed by atoms with E-state index in [1.54, 1.807) is 0 Å². The summed E-state index contributed by atoms with van der Waals surface area (Å²) in [5.41, 5.74) is 1.39. The highest BCUT2D eigenvalue weighted by atomic mass is 127.